The fourth-order valence-corrected chi connectivity index (χ4v) is 25.7. The maximum Gasteiger partial charge on any atom is 0.145 e. The lowest BCUT2D eigenvalue weighted by atomic mass is 9.86. The highest BCUT2D eigenvalue weighted by atomic mass is 32.1. The van der Waals surface area contributed by atoms with Gasteiger partial charge in [0.2, 0.25) is 0 Å². The van der Waals surface area contributed by atoms with Crippen LogP contribution in [0.15, 0.2) is 417 Å². The van der Waals surface area contributed by atoms with Crippen molar-refractivity contribution >= 4 is 238 Å². The molecular weight excluding hydrogens is 1790 g/mol. The molecule has 0 saturated carbocycles. The average Bonchev–Trinajstić information content (AvgIpc) is 1.53. The molecule has 0 atom stereocenters. The number of hydrogen-bond acceptors (Lipinski definition) is 3. The van der Waals surface area contributed by atoms with Gasteiger partial charge in [-0.15, -0.1) is 22.7 Å². The van der Waals surface area contributed by atoms with Gasteiger partial charge in [-0.25, -0.2) is 0 Å². The first kappa shape index (κ1) is 89.4. The van der Waals surface area contributed by atoms with E-state index in [1.54, 1.807) is 0 Å². The highest BCUT2D eigenvalue weighted by molar-refractivity contribution is 7.27. The minimum atomic E-state index is -0.0153. The molecule has 0 bridgehead atoms. The molecule has 10 aromatic heterocycles. The molecule has 144 heavy (non-hydrogen) atoms. The smallest absolute Gasteiger partial charge is 0.145 e. The Morgan fingerprint density at radius 3 is 1.03 bits per heavy atom. The molecule has 0 unspecified atom stereocenters. The van der Waals surface area contributed by atoms with Gasteiger partial charge < -0.3 is 36.4 Å². The SMILES string of the molecule is CC(C)(C)c1ccc(-n2c3ccccc3c3cc4c(cc32)sc2ccccc24)cc1.CC(C)(C)c1ccc2c(c1)c1c(ccc3c4ccccc4n(-c4ccccc4)c31)n2-c1ccccc1.CC(C)(C)n1c2ccccc2c2c3c(ccc21)c1ccccc1n3-c1ccccc1.CC(C)(C)n1c2ccccc2c2c3oc4ccccc4c3ccc21.CC(C)(C)n1c2ccccc2c2c3sc4ccccc4c3ccc21. The van der Waals surface area contributed by atoms with Crippen molar-refractivity contribution in [1.29, 1.82) is 0 Å². The summed E-state index contributed by atoms with van der Waals surface area (Å²) in [7, 11) is 0. The molecule has 0 N–H and O–H groups in total. The van der Waals surface area contributed by atoms with Crippen LogP contribution in [0.1, 0.15) is 115 Å². The van der Waals surface area contributed by atoms with E-state index >= 15 is 0 Å². The van der Waals surface area contributed by atoms with Crippen LogP contribution >= 0.6 is 22.7 Å². The van der Waals surface area contributed by atoms with Crippen LogP contribution in [0.3, 0.4) is 0 Å². The minimum absolute atomic E-state index is 0.00104. The molecule has 10 heteroatoms. The maximum atomic E-state index is 6.29. The Hall–Kier alpha value is -16.0. The monoisotopic (exact) mass is 1900 g/mol. The second-order valence-electron chi connectivity index (χ2n) is 43.8. The predicted octanol–water partition coefficient (Wildman–Crippen LogP) is 38.6. The normalized spacial score (nSPS) is 12.5. The van der Waals surface area contributed by atoms with Gasteiger partial charge >= 0.3 is 0 Å². The summed E-state index contributed by atoms with van der Waals surface area (Å²) in [5, 5.41) is 26.1. The van der Waals surface area contributed by atoms with Crippen LogP contribution in [0.5, 0.6) is 0 Å². The van der Waals surface area contributed by atoms with Crippen molar-refractivity contribution in [3.05, 3.63) is 424 Å². The number of aromatic nitrogens is 7. The van der Waals surface area contributed by atoms with Gasteiger partial charge in [0.15, 0.2) is 0 Å². The van der Waals surface area contributed by atoms with Crippen molar-refractivity contribution in [3.63, 3.8) is 0 Å². The highest BCUT2D eigenvalue weighted by Crippen LogP contribution is 2.51. The van der Waals surface area contributed by atoms with Gasteiger partial charge in [-0.1, -0.05) is 296 Å². The maximum absolute atomic E-state index is 6.29. The molecule has 19 aromatic carbocycles. The van der Waals surface area contributed by atoms with E-state index < -0.39 is 0 Å². The number of furan rings is 1. The summed E-state index contributed by atoms with van der Waals surface area (Å²) in [5.41, 5.74) is 27.5. The second kappa shape index (κ2) is 33.9. The number of hydrogen-bond donors (Lipinski definition) is 0. The van der Waals surface area contributed by atoms with Crippen molar-refractivity contribution in [3.8, 4) is 22.7 Å². The van der Waals surface area contributed by atoms with Crippen molar-refractivity contribution in [2.45, 2.75) is 131 Å². The van der Waals surface area contributed by atoms with E-state index in [2.05, 4.69) is 536 Å². The molecule has 0 aliphatic carbocycles. The summed E-state index contributed by atoms with van der Waals surface area (Å²) in [5.74, 6) is 0. The number of fused-ring (bicyclic) bond motifs is 34. The minimum Gasteiger partial charge on any atom is -0.455 e. The fraction of sp³-hybridized carbons (Fsp3) is 0.149. The third-order valence-electron chi connectivity index (χ3n) is 29.5. The lowest BCUT2D eigenvalue weighted by molar-refractivity contribution is 0.423. The van der Waals surface area contributed by atoms with Gasteiger partial charge in [-0.3, -0.25) is 0 Å². The standard InChI is InChI=1S/C34H28N2.C28H24N2.C28H23NS.C22H19NO.C22H19NS/c1-34(2,3)23-18-20-30-28(22-23)32-31(35(30)24-12-6-4-7-13-24)21-19-27-26-16-10-11-17-29(26)36(33(27)32)25-14-8-5-9-15-25;1-28(2,3)30-24-16-10-8-14-22(24)26-25(30)18-17-21-20-13-7-9-15-23(20)29(27(21)26)19-11-5-4-6-12-19;1-28(2,3)18-12-14-19(15-13-18)29-24-10-6-4-8-20(24)22-16-23-21-9-5-7-11-26(21)30-27(23)17-25(22)29;2*1-22(2,3)23-17-10-6-4-9-16(17)20-18(23)13-12-15-14-8-5-7-11-19(14)24-21(15)20/h4-22H,1-3H3;4-18H,1-3H3;4-17H,1-3H3;2*4-13H,1-3H3. The Morgan fingerprint density at radius 2 is 0.528 bits per heavy atom. The molecule has 10 heterocycles. The third kappa shape index (κ3) is 14.5. The van der Waals surface area contributed by atoms with E-state index in [4.69, 9.17) is 4.42 Å². The lowest BCUT2D eigenvalue weighted by Crippen LogP contribution is -2.21. The molecule has 0 saturated heterocycles. The molecule has 0 amide bonds. The van der Waals surface area contributed by atoms with E-state index in [-0.39, 0.29) is 27.4 Å². The quantitative estimate of drug-likeness (QED) is 0.173. The number of nitrogens with zero attached hydrogens (tertiary/aromatic N) is 7. The Kier molecular flexibility index (Phi) is 21.0. The van der Waals surface area contributed by atoms with E-state index in [0.717, 1.165) is 11.2 Å². The lowest BCUT2D eigenvalue weighted by Gasteiger charge is -2.24. The zero-order valence-corrected chi connectivity index (χ0v) is 85.7. The van der Waals surface area contributed by atoms with Crippen LogP contribution in [-0.2, 0) is 27.4 Å². The van der Waals surface area contributed by atoms with E-state index in [1.165, 1.54) is 238 Å². The topological polar surface area (TPSA) is 47.6 Å². The van der Waals surface area contributed by atoms with Crippen molar-refractivity contribution in [2.75, 3.05) is 0 Å². The molecule has 29 rings (SSSR count). The Labute approximate surface area is 845 Å². The van der Waals surface area contributed by atoms with Gasteiger partial charge in [-0.05, 0) is 242 Å². The Morgan fingerprint density at radius 1 is 0.188 bits per heavy atom. The van der Waals surface area contributed by atoms with Gasteiger partial charge in [0.25, 0.3) is 0 Å². The molecule has 0 spiro atoms. The number of rotatable bonds is 4. The summed E-state index contributed by atoms with van der Waals surface area (Å²) in [4.78, 5) is 0. The average molecular weight is 1900 g/mol. The number of thiophene rings is 2. The highest BCUT2D eigenvalue weighted by Gasteiger charge is 2.31. The van der Waals surface area contributed by atoms with Crippen molar-refractivity contribution in [1.82, 2.24) is 32.0 Å². The van der Waals surface area contributed by atoms with Crippen LogP contribution in [0.25, 0.3) is 238 Å². The first-order valence-corrected chi connectivity index (χ1v) is 52.1. The van der Waals surface area contributed by atoms with Gasteiger partial charge in [0, 0.05) is 177 Å². The van der Waals surface area contributed by atoms with Crippen LogP contribution < -0.4 is 0 Å². The number of benzene rings is 19. The van der Waals surface area contributed by atoms with Crippen LogP contribution in [-0.4, -0.2) is 32.0 Å². The third-order valence-corrected chi connectivity index (χ3v) is 31.8. The first-order chi connectivity index (χ1) is 69.7. The van der Waals surface area contributed by atoms with Crippen molar-refractivity contribution < 1.29 is 4.42 Å². The molecule has 8 nitrogen and oxygen atoms in total. The second-order valence-corrected chi connectivity index (χ2v) is 45.9. The molecular formula is C134H113N7OS2. The van der Waals surface area contributed by atoms with E-state index in [9.17, 15) is 0 Å². The largest absolute Gasteiger partial charge is 0.455 e. The fourth-order valence-electron chi connectivity index (χ4n) is 23.3. The van der Waals surface area contributed by atoms with Gasteiger partial charge in [0.05, 0.1) is 66.1 Å². The van der Waals surface area contributed by atoms with Crippen LogP contribution in [0.2, 0.25) is 0 Å². The summed E-state index contributed by atoms with van der Waals surface area (Å²) in [6.45, 7) is 34.1. The zero-order chi connectivity index (χ0) is 98.3. The van der Waals surface area contributed by atoms with E-state index in [0.29, 0.717) is 0 Å². The summed E-state index contributed by atoms with van der Waals surface area (Å²) < 4.78 is 28.9. The molecule has 0 aliphatic rings. The molecule has 0 radical (unpaired) electrons. The molecule has 29 aromatic rings. The predicted molar refractivity (Wildman–Crippen MR) is 624 cm³/mol. The summed E-state index contributed by atoms with van der Waals surface area (Å²) in [6.07, 6.45) is 0. The van der Waals surface area contributed by atoms with Crippen LogP contribution in [0.4, 0.5) is 0 Å². The summed E-state index contributed by atoms with van der Waals surface area (Å²) in [6, 6.07) is 150. The number of para-hydroxylation sites is 10. The van der Waals surface area contributed by atoms with Gasteiger partial charge in [0.1, 0.15) is 11.2 Å². The van der Waals surface area contributed by atoms with Crippen molar-refractivity contribution in [2.24, 2.45) is 0 Å². The molecule has 0 fully saturated rings. The Balaban J connectivity index is 0.0000000950. The molecule has 702 valence electrons. The summed E-state index contributed by atoms with van der Waals surface area (Å²) >= 11 is 3.80. The van der Waals surface area contributed by atoms with Crippen LogP contribution in [0, 0.1) is 0 Å². The van der Waals surface area contributed by atoms with Gasteiger partial charge in [-0.2, -0.15) is 0 Å². The van der Waals surface area contributed by atoms with E-state index in [1.807, 2.05) is 34.8 Å². The molecule has 0 aliphatic heterocycles. The Bertz CT molecular complexity index is 9970. The first-order valence-electron chi connectivity index (χ1n) is 50.5. The zero-order valence-electron chi connectivity index (χ0n) is 84.1.